The van der Waals surface area contributed by atoms with E-state index in [9.17, 15) is 0 Å². The summed E-state index contributed by atoms with van der Waals surface area (Å²) in [5.41, 5.74) is 0. The van der Waals surface area contributed by atoms with Crippen LogP contribution in [0.5, 0.6) is 0 Å². The molecule has 0 spiro atoms. The van der Waals surface area contributed by atoms with Crippen molar-refractivity contribution in [3.8, 4) is 0 Å². The van der Waals surface area contributed by atoms with Gasteiger partial charge in [-0.2, -0.15) is 0 Å². The molecule has 1 saturated heterocycles. The molecule has 4 heteroatoms. The monoisotopic (exact) mass is 206 g/mol. The Bertz CT molecular complexity index is 320. The van der Waals surface area contributed by atoms with Crippen molar-refractivity contribution < 1.29 is 0 Å². The molecule has 1 aliphatic carbocycles. The molecule has 1 unspecified atom stereocenters. The minimum absolute atomic E-state index is 0.713. The molecule has 1 saturated carbocycles. The van der Waals surface area contributed by atoms with Gasteiger partial charge in [-0.05, 0) is 31.6 Å². The third-order valence-electron chi connectivity index (χ3n) is 4.00. The molecule has 0 N–H and O–H groups in total. The van der Waals surface area contributed by atoms with Gasteiger partial charge >= 0.3 is 0 Å². The molecular weight excluding hydrogens is 188 g/mol. The lowest BCUT2D eigenvalue weighted by Crippen LogP contribution is -2.31. The minimum Gasteiger partial charge on any atom is -0.300 e. The molecule has 2 aliphatic rings. The highest BCUT2D eigenvalue weighted by molar-refractivity contribution is 5.05. The Hall–Kier alpha value is -0.900. The summed E-state index contributed by atoms with van der Waals surface area (Å²) >= 11 is 0. The molecular formula is C11H18N4. The summed E-state index contributed by atoms with van der Waals surface area (Å²) in [6, 6.07) is 0.713. The number of fused-ring (bicyclic) bond motifs is 1. The van der Waals surface area contributed by atoms with Crippen LogP contribution >= 0.6 is 0 Å². The van der Waals surface area contributed by atoms with Crippen molar-refractivity contribution in [1.82, 2.24) is 19.9 Å². The van der Waals surface area contributed by atoms with Crippen molar-refractivity contribution >= 4 is 0 Å². The van der Waals surface area contributed by atoms with Crippen LogP contribution in [0.15, 0.2) is 12.4 Å². The van der Waals surface area contributed by atoms with Gasteiger partial charge in [0, 0.05) is 31.9 Å². The predicted molar refractivity (Wildman–Crippen MR) is 57.2 cm³/mol. The van der Waals surface area contributed by atoms with Gasteiger partial charge in [0.15, 0.2) is 0 Å². The molecule has 3 rings (SSSR count). The molecule has 15 heavy (non-hydrogen) atoms. The van der Waals surface area contributed by atoms with Gasteiger partial charge in [-0.15, -0.1) is 5.10 Å². The lowest BCUT2D eigenvalue weighted by atomic mass is 10.2. The fourth-order valence-corrected chi connectivity index (χ4v) is 2.92. The lowest BCUT2D eigenvalue weighted by molar-refractivity contribution is 0.228. The van der Waals surface area contributed by atoms with E-state index < -0.39 is 0 Å². The highest BCUT2D eigenvalue weighted by atomic mass is 15.4. The Balaban J connectivity index is 1.55. The Morgan fingerprint density at radius 3 is 2.60 bits per heavy atom. The van der Waals surface area contributed by atoms with E-state index in [4.69, 9.17) is 0 Å². The number of piperidine rings is 1. The van der Waals surface area contributed by atoms with Gasteiger partial charge in [0.05, 0.1) is 6.20 Å². The molecule has 2 heterocycles. The Kier molecular flexibility index (Phi) is 2.06. The summed E-state index contributed by atoms with van der Waals surface area (Å²) in [6.45, 7) is 8.24. The molecule has 1 aliphatic heterocycles. The van der Waals surface area contributed by atoms with Gasteiger partial charge in [-0.25, -0.2) is 0 Å². The first-order valence-corrected chi connectivity index (χ1v) is 5.84. The van der Waals surface area contributed by atoms with Crippen LogP contribution in [0.2, 0.25) is 0 Å². The van der Waals surface area contributed by atoms with Crippen LogP contribution in [-0.4, -0.2) is 39.0 Å². The van der Waals surface area contributed by atoms with E-state index in [0.29, 0.717) is 6.04 Å². The van der Waals surface area contributed by atoms with Crippen molar-refractivity contribution in [2.24, 2.45) is 17.8 Å². The van der Waals surface area contributed by atoms with E-state index in [2.05, 4.69) is 29.1 Å². The van der Waals surface area contributed by atoms with Gasteiger partial charge in [0.25, 0.3) is 0 Å². The maximum Gasteiger partial charge on any atom is 0.0692 e. The maximum atomic E-state index is 4.03. The third kappa shape index (κ3) is 1.57. The van der Waals surface area contributed by atoms with Gasteiger partial charge in [0.1, 0.15) is 0 Å². The zero-order valence-corrected chi connectivity index (χ0v) is 9.37. The number of nitrogens with zero attached hydrogens (tertiary/aromatic N) is 4. The van der Waals surface area contributed by atoms with Crippen molar-refractivity contribution in [2.75, 3.05) is 13.1 Å². The van der Waals surface area contributed by atoms with Crippen molar-refractivity contribution in [3.05, 3.63) is 12.4 Å². The van der Waals surface area contributed by atoms with E-state index >= 15 is 0 Å². The number of hydrogen-bond donors (Lipinski definition) is 0. The Morgan fingerprint density at radius 2 is 2.07 bits per heavy atom. The highest BCUT2D eigenvalue weighted by Gasteiger charge is 2.55. The van der Waals surface area contributed by atoms with Crippen LogP contribution < -0.4 is 0 Å². The smallest absolute Gasteiger partial charge is 0.0692 e. The molecule has 0 bridgehead atoms. The third-order valence-corrected chi connectivity index (χ3v) is 4.00. The summed E-state index contributed by atoms with van der Waals surface area (Å²) < 4.78 is 1.97. The first-order chi connectivity index (χ1) is 7.25. The Morgan fingerprint density at radius 1 is 1.33 bits per heavy atom. The van der Waals surface area contributed by atoms with Crippen LogP contribution in [0.4, 0.5) is 0 Å². The second-order valence-corrected chi connectivity index (χ2v) is 5.16. The molecule has 2 fully saturated rings. The van der Waals surface area contributed by atoms with E-state index in [0.717, 1.165) is 24.3 Å². The first-order valence-electron chi connectivity index (χ1n) is 5.84. The number of rotatable bonds is 3. The van der Waals surface area contributed by atoms with E-state index in [1.54, 1.807) is 6.20 Å². The molecule has 0 amide bonds. The molecule has 1 aromatic heterocycles. The number of aromatic nitrogens is 3. The summed E-state index contributed by atoms with van der Waals surface area (Å²) in [5.74, 6) is 2.72. The second kappa shape index (κ2) is 3.30. The van der Waals surface area contributed by atoms with Crippen LogP contribution in [0, 0.1) is 17.8 Å². The molecule has 82 valence electrons. The topological polar surface area (TPSA) is 34.0 Å². The minimum atomic E-state index is 0.713. The van der Waals surface area contributed by atoms with Crippen molar-refractivity contribution in [3.63, 3.8) is 0 Å². The van der Waals surface area contributed by atoms with Crippen LogP contribution in [-0.2, 0) is 6.54 Å². The fourth-order valence-electron chi connectivity index (χ4n) is 2.92. The molecule has 0 radical (unpaired) electrons. The predicted octanol–water partition coefficient (Wildman–Crippen LogP) is 0.864. The number of hydrogen-bond acceptors (Lipinski definition) is 3. The van der Waals surface area contributed by atoms with Crippen LogP contribution in [0.25, 0.3) is 0 Å². The van der Waals surface area contributed by atoms with Crippen molar-refractivity contribution in [1.29, 1.82) is 0 Å². The second-order valence-electron chi connectivity index (χ2n) is 5.16. The highest BCUT2D eigenvalue weighted by Crippen LogP contribution is 2.52. The van der Waals surface area contributed by atoms with Gasteiger partial charge in [-0.3, -0.25) is 4.68 Å². The van der Waals surface area contributed by atoms with Gasteiger partial charge < -0.3 is 4.90 Å². The van der Waals surface area contributed by atoms with Crippen LogP contribution in [0.1, 0.15) is 13.8 Å². The van der Waals surface area contributed by atoms with E-state index in [-0.39, 0.29) is 0 Å². The standard InChI is InChI=1S/C11H18N4/c1-8(2)14-5-9-10(6-14)11(9)7-15-4-3-12-13-15/h3-4,8-11H,5-7H2,1-2H3/t9-,10+,11?. The Labute approximate surface area is 90.3 Å². The summed E-state index contributed by atoms with van der Waals surface area (Å²) in [7, 11) is 0. The zero-order chi connectivity index (χ0) is 10.4. The lowest BCUT2D eigenvalue weighted by Gasteiger charge is -2.23. The average molecular weight is 206 g/mol. The first kappa shape index (κ1) is 9.33. The molecule has 4 nitrogen and oxygen atoms in total. The largest absolute Gasteiger partial charge is 0.300 e. The van der Waals surface area contributed by atoms with Gasteiger partial charge in [0.2, 0.25) is 0 Å². The SMILES string of the molecule is CC(C)N1C[C@@H]2C(Cn3ccnn3)[C@@H]2C1. The summed E-state index contributed by atoms with van der Waals surface area (Å²) in [6.07, 6.45) is 3.73. The zero-order valence-electron chi connectivity index (χ0n) is 9.37. The average Bonchev–Trinajstić information content (AvgIpc) is 2.62. The maximum absolute atomic E-state index is 4.03. The summed E-state index contributed by atoms with van der Waals surface area (Å²) in [5, 5.41) is 7.87. The molecule has 3 atom stereocenters. The van der Waals surface area contributed by atoms with E-state index in [1.165, 1.54) is 13.1 Å². The molecule has 1 aromatic rings. The van der Waals surface area contributed by atoms with Crippen LogP contribution in [0.3, 0.4) is 0 Å². The quantitative estimate of drug-likeness (QED) is 0.735. The fraction of sp³-hybridized carbons (Fsp3) is 0.818. The molecule has 0 aromatic carbocycles. The van der Waals surface area contributed by atoms with E-state index in [1.807, 2.05) is 10.9 Å². The van der Waals surface area contributed by atoms with Gasteiger partial charge in [-0.1, -0.05) is 5.21 Å². The normalized spacial score (nSPS) is 34.7. The van der Waals surface area contributed by atoms with Crippen molar-refractivity contribution in [2.45, 2.75) is 26.4 Å². The summed E-state index contributed by atoms with van der Waals surface area (Å²) in [4.78, 5) is 2.59. The number of likely N-dealkylation sites (tertiary alicyclic amines) is 1.